The van der Waals surface area contributed by atoms with Gasteiger partial charge in [-0.2, -0.15) is 0 Å². The van der Waals surface area contributed by atoms with Crippen molar-refractivity contribution < 1.29 is 4.39 Å². The fraction of sp³-hybridized carbons (Fsp3) is 0.391. The van der Waals surface area contributed by atoms with Crippen molar-refractivity contribution in [1.29, 1.82) is 0 Å². The Labute approximate surface area is 155 Å². The normalized spacial score (nSPS) is 15.8. The third-order valence-corrected chi connectivity index (χ3v) is 5.82. The molecular formula is C23H27FN2. The predicted molar refractivity (Wildman–Crippen MR) is 107 cm³/mol. The van der Waals surface area contributed by atoms with Crippen LogP contribution in [0.1, 0.15) is 32.1 Å². The maximum Gasteiger partial charge on any atom is 0.123 e. The van der Waals surface area contributed by atoms with Crippen LogP contribution in [0.4, 0.5) is 4.39 Å². The van der Waals surface area contributed by atoms with Crippen LogP contribution in [-0.2, 0) is 6.54 Å². The topological polar surface area (TPSA) is 8.17 Å². The summed E-state index contributed by atoms with van der Waals surface area (Å²) in [6.45, 7) is 2.01. The van der Waals surface area contributed by atoms with Crippen LogP contribution in [0.3, 0.4) is 0 Å². The van der Waals surface area contributed by atoms with Crippen molar-refractivity contribution in [2.45, 2.75) is 44.7 Å². The molecule has 26 heavy (non-hydrogen) atoms. The van der Waals surface area contributed by atoms with Gasteiger partial charge in [-0.25, -0.2) is 4.39 Å². The average molecular weight is 350 g/mol. The van der Waals surface area contributed by atoms with Gasteiger partial charge in [0.2, 0.25) is 0 Å². The molecule has 4 rings (SSSR count). The maximum absolute atomic E-state index is 13.7. The van der Waals surface area contributed by atoms with Crippen molar-refractivity contribution >= 4 is 10.9 Å². The lowest BCUT2D eigenvalue weighted by Crippen LogP contribution is -2.35. The van der Waals surface area contributed by atoms with Crippen LogP contribution in [0.25, 0.3) is 22.0 Å². The van der Waals surface area contributed by atoms with E-state index in [0.29, 0.717) is 0 Å². The summed E-state index contributed by atoms with van der Waals surface area (Å²) in [5.74, 6) is -0.186. The number of halogens is 1. The summed E-state index contributed by atoms with van der Waals surface area (Å²) in [4.78, 5) is 2.52. The minimum atomic E-state index is -0.186. The van der Waals surface area contributed by atoms with Crippen molar-refractivity contribution in [2.75, 3.05) is 13.6 Å². The Kier molecular flexibility index (Phi) is 5.07. The summed E-state index contributed by atoms with van der Waals surface area (Å²) < 4.78 is 16.1. The predicted octanol–water partition coefficient (Wildman–Crippen LogP) is 5.71. The first kappa shape index (κ1) is 17.3. The van der Waals surface area contributed by atoms with Gasteiger partial charge in [-0.3, -0.25) is 0 Å². The molecule has 1 aliphatic rings. The third-order valence-electron chi connectivity index (χ3n) is 5.82. The van der Waals surface area contributed by atoms with Crippen LogP contribution in [0.15, 0.2) is 54.7 Å². The van der Waals surface area contributed by atoms with Gasteiger partial charge in [-0.05, 0) is 43.7 Å². The molecule has 1 aliphatic carbocycles. The Morgan fingerprint density at radius 2 is 1.85 bits per heavy atom. The molecule has 2 aromatic carbocycles. The Morgan fingerprint density at radius 1 is 1.04 bits per heavy atom. The van der Waals surface area contributed by atoms with Gasteiger partial charge in [-0.15, -0.1) is 0 Å². The zero-order valence-electron chi connectivity index (χ0n) is 15.5. The smallest absolute Gasteiger partial charge is 0.123 e. The fourth-order valence-corrected chi connectivity index (χ4v) is 4.31. The van der Waals surface area contributed by atoms with Crippen LogP contribution in [0.5, 0.6) is 0 Å². The Bertz CT molecular complexity index is 877. The molecule has 0 atom stereocenters. The number of hydrogen-bond acceptors (Lipinski definition) is 1. The van der Waals surface area contributed by atoms with Crippen LogP contribution in [0, 0.1) is 5.82 Å². The van der Waals surface area contributed by atoms with Gasteiger partial charge in [0.15, 0.2) is 0 Å². The fourth-order valence-electron chi connectivity index (χ4n) is 4.31. The molecule has 1 fully saturated rings. The second-order valence-corrected chi connectivity index (χ2v) is 7.54. The minimum absolute atomic E-state index is 0.186. The summed E-state index contributed by atoms with van der Waals surface area (Å²) in [7, 11) is 2.26. The Balaban J connectivity index is 1.60. The van der Waals surface area contributed by atoms with Crippen LogP contribution >= 0.6 is 0 Å². The highest BCUT2D eigenvalue weighted by Gasteiger charge is 2.18. The quantitative estimate of drug-likeness (QED) is 0.572. The molecule has 0 radical (unpaired) electrons. The summed E-state index contributed by atoms with van der Waals surface area (Å²) in [5.41, 5.74) is 3.25. The molecule has 1 aromatic heterocycles. The van der Waals surface area contributed by atoms with Gasteiger partial charge in [0.1, 0.15) is 5.82 Å². The van der Waals surface area contributed by atoms with Gasteiger partial charge >= 0.3 is 0 Å². The van der Waals surface area contributed by atoms with Crippen LogP contribution in [0.2, 0.25) is 0 Å². The number of benzene rings is 2. The molecule has 3 heteroatoms. The number of fused-ring (bicyclic) bond motifs is 1. The average Bonchev–Trinajstić information content (AvgIpc) is 3.10. The molecule has 0 amide bonds. The van der Waals surface area contributed by atoms with Gasteiger partial charge in [0, 0.05) is 36.3 Å². The second-order valence-electron chi connectivity index (χ2n) is 7.54. The summed E-state index contributed by atoms with van der Waals surface area (Å²) in [5, 5.41) is 1.21. The van der Waals surface area contributed by atoms with Crippen molar-refractivity contribution in [3.8, 4) is 11.1 Å². The first-order chi connectivity index (χ1) is 12.7. The van der Waals surface area contributed by atoms with E-state index in [-0.39, 0.29) is 5.82 Å². The standard InChI is InChI=1S/C23H27FN2/c1-25(21-10-3-2-4-11-21)15-16-26-14-13-18-7-6-12-22(23(18)26)19-8-5-9-20(24)17-19/h5-9,12-14,17,21H,2-4,10-11,15-16H2,1H3. The second kappa shape index (κ2) is 7.63. The number of likely N-dealkylation sites (N-methyl/N-ethyl adjacent to an activating group) is 1. The van der Waals surface area contributed by atoms with E-state index in [2.05, 4.69) is 47.0 Å². The molecule has 3 aromatic rings. The Morgan fingerprint density at radius 3 is 2.65 bits per heavy atom. The Hall–Kier alpha value is -2.13. The van der Waals surface area contributed by atoms with E-state index in [0.717, 1.165) is 30.3 Å². The highest BCUT2D eigenvalue weighted by atomic mass is 19.1. The van der Waals surface area contributed by atoms with Crippen molar-refractivity contribution in [3.05, 3.63) is 60.5 Å². The summed E-state index contributed by atoms with van der Waals surface area (Å²) in [6, 6.07) is 16.1. The molecule has 1 heterocycles. The zero-order valence-corrected chi connectivity index (χ0v) is 15.5. The molecule has 1 saturated carbocycles. The molecule has 0 aliphatic heterocycles. The lowest BCUT2D eigenvalue weighted by molar-refractivity contribution is 0.186. The van der Waals surface area contributed by atoms with E-state index >= 15 is 0 Å². The van der Waals surface area contributed by atoms with Gasteiger partial charge in [-0.1, -0.05) is 49.6 Å². The van der Waals surface area contributed by atoms with Gasteiger partial charge in [0.25, 0.3) is 0 Å². The first-order valence-corrected chi connectivity index (χ1v) is 9.76. The molecule has 0 saturated heterocycles. The van der Waals surface area contributed by atoms with E-state index in [1.54, 1.807) is 12.1 Å². The maximum atomic E-state index is 13.7. The van der Waals surface area contributed by atoms with E-state index < -0.39 is 0 Å². The van der Waals surface area contributed by atoms with Gasteiger partial charge < -0.3 is 9.47 Å². The van der Waals surface area contributed by atoms with E-state index in [1.807, 2.05) is 6.07 Å². The highest BCUT2D eigenvalue weighted by Crippen LogP contribution is 2.30. The number of para-hydroxylation sites is 1. The number of hydrogen-bond donors (Lipinski definition) is 0. The SMILES string of the molecule is CN(CCn1ccc2cccc(-c3cccc(F)c3)c21)C1CCCCC1. The van der Waals surface area contributed by atoms with Gasteiger partial charge in [0.05, 0.1) is 5.52 Å². The lowest BCUT2D eigenvalue weighted by atomic mass is 9.94. The van der Waals surface area contributed by atoms with Crippen LogP contribution < -0.4 is 0 Å². The van der Waals surface area contributed by atoms with Crippen LogP contribution in [-0.4, -0.2) is 29.1 Å². The third kappa shape index (κ3) is 3.54. The zero-order chi connectivity index (χ0) is 17.9. The molecule has 0 N–H and O–H groups in total. The largest absolute Gasteiger partial charge is 0.346 e. The summed E-state index contributed by atoms with van der Waals surface area (Å²) in [6.07, 6.45) is 8.96. The van der Waals surface area contributed by atoms with E-state index in [9.17, 15) is 4.39 Å². The lowest BCUT2D eigenvalue weighted by Gasteiger charge is -2.31. The number of rotatable bonds is 5. The van der Waals surface area contributed by atoms with Crippen molar-refractivity contribution in [3.63, 3.8) is 0 Å². The highest BCUT2D eigenvalue weighted by molar-refractivity contribution is 5.94. The minimum Gasteiger partial charge on any atom is -0.346 e. The molecule has 2 nitrogen and oxygen atoms in total. The number of aromatic nitrogens is 1. The monoisotopic (exact) mass is 350 g/mol. The van der Waals surface area contributed by atoms with E-state index in [1.165, 1.54) is 49.1 Å². The summed E-state index contributed by atoms with van der Waals surface area (Å²) >= 11 is 0. The molecule has 0 bridgehead atoms. The molecule has 0 spiro atoms. The van der Waals surface area contributed by atoms with E-state index in [4.69, 9.17) is 0 Å². The molecular weight excluding hydrogens is 323 g/mol. The molecule has 0 unspecified atom stereocenters. The van der Waals surface area contributed by atoms with Crippen molar-refractivity contribution in [2.24, 2.45) is 0 Å². The van der Waals surface area contributed by atoms with Crippen molar-refractivity contribution in [1.82, 2.24) is 9.47 Å². The first-order valence-electron chi connectivity index (χ1n) is 9.76. The number of nitrogens with zero attached hydrogens (tertiary/aromatic N) is 2. The molecule has 136 valence electrons.